The van der Waals surface area contributed by atoms with Crippen molar-refractivity contribution in [2.45, 2.75) is 26.5 Å². The topological polar surface area (TPSA) is 71.0 Å². The molecule has 0 bridgehead atoms. The smallest absolute Gasteiger partial charge is 0.161 e. The van der Waals surface area contributed by atoms with Gasteiger partial charge in [0.2, 0.25) is 0 Å². The lowest BCUT2D eigenvalue weighted by atomic mass is 10.2. The molecule has 0 saturated carbocycles. The average molecular weight is 283 g/mol. The van der Waals surface area contributed by atoms with Crippen LogP contribution in [0.5, 0.6) is 11.5 Å². The molecule has 5 heteroatoms. The van der Waals surface area contributed by atoms with Gasteiger partial charge < -0.3 is 25.0 Å². The van der Waals surface area contributed by atoms with Crippen LogP contribution in [0.4, 0.5) is 0 Å². The Morgan fingerprint density at radius 1 is 1.25 bits per heavy atom. The van der Waals surface area contributed by atoms with Gasteiger partial charge in [0.15, 0.2) is 11.5 Å². The highest BCUT2D eigenvalue weighted by molar-refractivity contribution is 5.43. The van der Waals surface area contributed by atoms with E-state index in [1.165, 1.54) is 0 Å². The lowest BCUT2D eigenvalue weighted by Gasteiger charge is -2.14. The molecule has 0 aliphatic rings. The molecule has 5 nitrogen and oxygen atoms in total. The van der Waals surface area contributed by atoms with Gasteiger partial charge in [-0.15, -0.1) is 0 Å². The molecule has 0 radical (unpaired) electrons. The van der Waals surface area contributed by atoms with Crippen LogP contribution < -0.4 is 14.8 Å². The fraction of sp³-hybridized carbons (Fsp3) is 0.600. The molecule has 0 aliphatic heterocycles. The van der Waals surface area contributed by atoms with E-state index >= 15 is 0 Å². The first-order valence-corrected chi connectivity index (χ1v) is 6.86. The van der Waals surface area contributed by atoms with E-state index in [0.29, 0.717) is 17.4 Å². The van der Waals surface area contributed by atoms with E-state index < -0.39 is 6.10 Å². The minimum Gasteiger partial charge on any atom is -0.493 e. The third-order valence-corrected chi connectivity index (χ3v) is 2.75. The second-order valence-electron chi connectivity index (χ2n) is 5.16. The first-order chi connectivity index (χ1) is 9.56. The molecule has 0 amide bonds. The molecule has 1 rings (SSSR count). The molecule has 0 spiro atoms. The molecule has 0 saturated heterocycles. The van der Waals surface area contributed by atoms with Gasteiger partial charge in [0, 0.05) is 6.54 Å². The zero-order valence-corrected chi connectivity index (χ0v) is 12.4. The average Bonchev–Trinajstić information content (AvgIpc) is 2.44. The number of hydrogen-bond donors (Lipinski definition) is 3. The van der Waals surface area contributed by atoms with E-state index in [0.717, 1.165) is 18.7 Å². The standard InChI is InChI=1S/C15H25NO4/c1-11(2)7-16-8-12-4-5-14(15(6-12)19-3)20-10-13(18)9-17/h4-6,11,13,16-18H,7-10H2,1-3H3. The maximum atomic E-state index is 9.28. The van der Waals surface area contributed by atoms with Crippen LogP contribution in [0.3, 0.4) is 0 Å². The largest absolute Gasteiger partial charge is 0.493 e. The molecule has 1 aromatic carbocycles. The summed E-state index contributed by atoms with van der Waals surface area (Å²) in [5, 5.41) is 21.4. The molecule has 0 aliphatic carbocycles. The summed E-state index contributed by atoms with van der Waals surface area (Å²) in [6.07, 6.45) is -0.882. The lowest BCUT2D eigenvalue weighted by molar-refractivity contribution is 0.0527. The van der Waals surface area contributed by atoms with Gasteiger partial charge >= 0.3 is 0 Å². The highest BCUT2D eigenvalue weighted by atomic mass is 16.5. The fourth-order valence-electron chi connectivity index (χ4n) is 1.69. The van der Waals surface area contributed by atoms with E-state index in [1.54, 1.807) is 7.11 Å². The van der Waals surface area contributed by atoms with Crippen molar-refractivity contribution < 1.29 is 19.7 Å². The van der Waals surface area contributed by atoms with Gasteiger partial charge in [-0.05, 0) is 30.2 Å². The quantitative estimate of drug-likeness (QED) is 0.634. The van der Waals surface area contributed by atoms with Crippen LogP contribution in [0.15, 0.2) is 18.2 Å². The van der Waals surface area contributed by atoms with E-state index in [4.69, 9.17) is 14.6 Å². The monoisotopic (exact) mass is 283 g/mol. The first-order valence-electron chi connectivity index (χ1n) is 6.86. The summed E-state index contributed by atoms with van der Waals surface area (Å²) in [5.74, 6) is 1.80. The second-order valence-corrected chi connectivity index (χ2v) is 5.16. The van der Waals surface area contributed by atoms with E-state index in [1.807, 2.05) is 18.2 Å². The Hall–Kier alpha value is -1.30. The van der Waals surface area contributed by atoms with Gasteiger partial charge in [-0.25, -0.2) is 0 Å². The zero-order chi connectivity index (χ0) is 15.0. The number of aliphatic hydroxyl groups excluding tert-OH is 2. The Kier molecular flexibility index (Phi) is 7.36. The van der Waals surface area contributed by atoms with Crippen molar-refractivity contribution in [1.29, 1.82) is 0 Å². The molecule has 3 N–H and O–H groups in total. The second kappa shape index (κ2) is 8.79. The van der Waals surface area contributed by atoms with Gasteiger partial charge in [-0.2, -0.15) is 0 Å². The molecule has 1 aromatic rings. The Bertz CT molecular complexity index is 395. The molecule has 1 unspecified atom stereocenters. The Labute approximate surface area is 120 Å². The molecule has 20 heavy (non-hydrogen) atoms. The van der Waals surface area contributed by atoms with Crippen molar-refractivity contribution in [1.82, 2.24) is 5.32 Å². The number of benzene rings is 1. The fourth-order valence-corrected chi connectivity index (χ4v) is 1.69. The SMILES string of the molecule is COc1cc(CNCC(C)C)ccc1OCC(O)CO. The highest BCUT2D eigenvalue weighted by Crippen LogP contribution is 2.28. The van der Waals surface area contributed by atoms with Gasteiger partial charge in [0.05, 0.1) is 13.7 Å². The lowest BCUT2D eigenvalue weighted by Crippen LogP contribution is -2.21. The zero-order valence-electron chi connectivity index (χ0n) is 12.4. The van der Waals surface area contributed by atoms with Crippen molar-refractivity contribution in [3.8, 4) is 11.5 Å². The normalized spacial score (nSPS) is 12.5. The molecule has 0 fully saturated rings. The van der Waals surface area contributed by atoms with Crippen molar-refractivity contribution in [2.24, 2.45) is 5.92 Å². The van der Waals surface area contributed by atoms with Crippen LogP contribution in [0.25, 0.3) is 0 Å². The molecular weight excluding hydrogens is 258 g/mol. The van der Waals surface area contributed by atoms with Crippen LogP contribution >= 0.6 is 0 Å². The van der Waals surface area contributed by atoms with Crippen molar-refractivity contribution in [2.75, 3.05) is 26.9 Å². The number of aliphatic hydroxyl groups is 2. The first kappa shape index (κ1) is 16.8. The Morgan fingerprint density at radius 2 is 2.00 bits per heavy atom. The molecular formula is C15H25NO4. The van der Waals surface area contributed by atoms with Crippen molar-refractivity contribution in [3.05, 3.63) is 23.8 Å². The maximum absolute atomic E-state index is 9.28. The summed E-state index contributed by atoms with van der Waals surface area (Å²) in [4.78, 5) is 0. The number of methoxy groups -OCH3 is 1. The number of nitrogens with one attached hydrogen (secondary N) is 1. The highest BCUT2D eigenvalue weighted by Gasteiger charge is 2.09. The number of ether oxygens (including phenoxy) is 2. The third-order valence-electron chi connectivity index (χ3n) is 2.75. The Balaban J connectivity index is 2.60. The van der Waals surface area contributed by atoms with Crippen LogP contribution in [0.2, 0.25) is 0 Å². The minimum absolute atomic E-state index is 0.0395. The summed E-state index contributed by atoms with van der Waals surface area (Å²) in [5.41, 5.74) is 1.11. The predicted octanol–water partition coefficient (Wildman–Crippen LogP) is 1.17. The van der Waals surface area contributed by atoms with E-state index in [2.05, 4.69) is 19.2 Å². The molecule has 0 aromatic heterocycles. The Morgan fingerprint density at radius 3 is 2.60 bits per heavy atom. The predicted molar refractivity (Wildman–Crippen MR) is 78.1 cm³/mol. The van der Waals surface area contributed by atoms with Gasteiger partial charge in [0.25, 0.3) is 0 Å². The van der Waals surface area contributed by atoms with Gasteiger partial charge in [-0.3, -0.25) is 0 Å². The van der Waals surface area contributed by atoms with Crippen LogP contribution in [0.1, 0.15) is 19.4 Å². The maximum Gasteiger partial charge on any atom is 0.161 e. The molecule has 0 heterocycles. The van der Waals surface area contributed by atoms with Crippen molar-refractivity contribution in [3.63, 3.8) is 0 Å². The summed E-state index contributed by atoms with van der Waals surface area (Å²) >= 11 is 0. The molecule has 1 atom stereocenters. The van der Waals surface area contributed by atoms with Crippen LogP contribution in [-0.2, 0) is 6.54 Å². The van der Waals surface area contributed by atoms with Gasteiger partial charge in [0.1, 0.15) is 12.7 Å². The van der Waals surface area contributed by atoms with E-state index in [9.17, 15) is 5.11 Å². The number of hydrogen-bond acceptors (Lipinski definition) is 5. The minimum atomic E-state index is -0.882. The van der Waals surface area contributed by atoms with Crippen LogP contribution in [-0.4, -0.2) is 43.2 Å². The van der Waals surface area contributed by atoms with E-state index in [-0.39, 0.29) is 13.2 Å². The van der Waals surface area contributed by atoms with Crippen LogP contribution in [0, 0.1) is 5.92 Å². The molecule has 114 valence electrons. The summed E-state index contributed by atoms with van der Waals surface area (Å²) in [7, 11) is 1.58. The van der Waals surface area contributed by atoms with Gasteiger partial charge in [-0.1, -0.05) is 19.9 Å². The summed E-state index contributed by atoms with van der Waals surface area (Å²) in [6, 6.07) is 5.68. The third kappa shape index (κ3) is 5.77. The number of rotatable bonds is 9. The van der Waals surface area contributed by atoms with Crippen molar-refractivity contribution >= 4 is 0 Å². The summed E-state index contributed by atoms with van der Waals surface area (Å²) < 4.78 is 10.7. The summed E-state index contributed by atoms with van der Waals surface area (Å²) in [6.45, 7) is 5.78.